The van der Waals surface area contributed by atoms with Gasteiger partial charge in [-0.1, -0.05) is 68.8 Å². The second kappa shape index (κ2) is 8.92. The summed E-state index contributed by atoms with van der Waals surface area (Å²) >= 11 is 6.50. The van der Waals surface area contributed by atoms with Gasteiger partial charge in [0.15, 0.2) is 0 Å². The van der Waals surface area contributed by atoms with Crippen LogP contribution in [0.25, 0.3) is 10.9 Å². The van der Waals surface area contributed by atoms with Crippen LogP contribution in [0.1, 0.15) is 44.7 Å². The van der Waals surface area contributed by atoms with E-state index in [1.54, 1.807) is 6.92 Å². The maximum Gasteiger partial charge on any atom is 0.242 e. The molecule has 5 nitrogen and oxygen atoms in total. The highest BCUT2D eigenvalue weighted by molar-refractivity contribution is 6.31. The maximum atomic E-state index is 12.7. The summed E-state index contributed by atoms with van der Waals surface area (Å²) in [5.41, 5.74) is 2.47. The van der Waals surface area contributed by atoms with Crippen LogP contribution in [0, 0.1) is 5.41 Å². The number of H-pyrrole nitrogens is 1. The molecule has 30 heavy (non-hydrogen) atoms. The fourth-order valence-electron chi connectivity index (χ4n) is 3.36. The minimum absolute atomic E-state index is 0.135. The van der Waals surface area contributed by atoms with Crippen molar-refractivity contribution in [3.63, 3.8) is 0 Å². The van der Waals surface area contributed by atoms with Crippen molar-refractivity contribution in [1.82, 2.24) is 15.6 Å². The van der Waals surface area contributed by atoms with Gasteiger partial charge in [0.05, 0.1) is 0 Å². The Hall–Kier alpha value is -2.79. The molecule has 0 aliphatic carbocycles. The smallest absolute Gasteiger partial charge is 0.242 e. The Labute approximate surface area is 182 Å². The first-order valence-corrected chi connectivity index (χ1v) is 10.5. The first kappa shape index (κ1) is 21.9. The number of carbonyl (C=O) groups is 2. The fourth-order valence-corrected chi connectivity index (χ4v) is 3.63. The Balaban J connectivity index is 1.83. The number of fused-ring (bicyclic) bond motifs is 1. The molecule has 0 bridgehead atoms. The third-order valence-corrected chi connectivity index (χ3v) is 5.52. The van der Waals surface area contributed by atoms with Crippen LogP contribution in [0.4, 0.5) is 0 Å². The molecule has 2 amide bonds. The summed E-state index contributed by atoms with van der Waals surface area (Å²) < 4.78 is 0. The van der Waals surface area contributed by atoms with E-state index in [-0.39, 0.29) is 17.7 Å². The molecule has 158 valence electrons. The van der Waals surface area contributed by atoms with Crippen LogP contribution in [-0.4, -0.2) is 29.4 Å². The van der Waals surface area contributed by atoms with E-state index in [1.165, 1.54) is 0 Å². The standard InChI is InChI=1S/C24H28ClN3O2/c1-15(28-23(30)24(2,3)4)22(29)27-14-18(16-9-5-7-11-20(16)25)19-13-26-21-12-8-6-10-17(19)21/h5-13,15,18,26H,14H2,1-4H3,(H,27,29)(H,28,30)/t15-,18-/m1/s1. The van der Waals surface area contributed by atoms with Gasteiger partial charge in [0.25, 0.3) is 0 Å². The minimum atomic E-state index is -0.633. The summed E-state index contributed by atoms with van der Waals surface area (Å²) in [5.74, 6) is -0.529. The molecule has 0 aliphatic rings. The number of para-hydroxylation sites is 1. The largest absolute Gasteiger partial charge is 0.361 e. The molecule has 3 N–H and O–H groups in total. The van der Waals surface area contributed by atoms with Crippen molar-refractivity contribution in [2.45, 2.75) is 39.7 Å². The van der Waals surface area contributed by atoms with E-state index in [0.29, 0.717) is 11.6 Å². The van der Waals surface area contributed by atoms with E-state index < -0.39 is 11.5 Å². The molecule has 3 rings (SSSR count). The third-order valence-electron chi connectivity index (χ3n) is 5.18. The fraction of sp³-hybridized carbons (Fsp3) is 0.333. The molecule has 6 heteroatoms. The monoisotopic (exact) mass is 425 g/mol. The number of aromatic nitrogens is 1. The zero-order chi connectivity index (χ0) is 21.9. The van der Waals surface area contributed by atoms with E-state index in [1.807, 2.05) is 69.4 Å². The Morgan fingerprint density at radius 2 is 1.70 bits per heavy atom. The second-order valence-corrected chi connectivity index (χ2v) is 8.96. The molecule has 1 aromatic heterocycles. The molecule has 0 saturated carbocycles. The molecule has 0 unspecified atom stereocenters. The highest BCUT2D eigenvalue weighted by Crippen LogP contribution is 2.34. The highest BCUT2D eigenvalue weighted by Gasteiger charge is 2.26. The lowest BCUT2D eigenvalue weighted by atomic mass is 9.90. The zero-order valence-corrected chi connectivity index (χ0v) is 18.5. The van der Waals surface area contributed by atoms with E-state index in [0.717, 1.165) is 22.0 Å². The number of halogens is 1. The maximum absolute atomic E-state index is 12.7. The van der Waals surface area contributed by atoms with Crippen molar-refractivity contribution in [2.24, 2.45) is 5.41 Å². The van der Waals surface area contributed by atoms with Crippen molar-refractivity contribution >= 4 is 34.3 Å². The van der Waals surface area contributed by atoms with Crippen molar-refractivity contribution in [3.05, 3.63) is 70.9 Å². The van der Waals surface area contributed by atoms with Gasteiger partial charge in [-0.2, -0.15) is 0 Å². The van der Waals surface area contributed by atoms with Crippen molar-refractivity contribution < 1.29 is 9.59 Å². The van der Waals surface area contributed by atoms with Crippen LogP contribution in [0.15, 0.2) is 54.7 Å². The number of rotatable bonds is 6. The number of hydrogen-bond donors (Lipinski definition) is 3. The Morgan fingerprint density at radius 3 is 2.40 bits per heavy atom. The number of benzene rings is 2. The van der Waals surface area contributed by atoms with Gasteiger partial charge in [0, 0.05) is 40.0 Å². The van der Waals surface area contributed by atoms with E-state index in [9.17, 15) is 9.59 Å². The molecule has 2 aromatic carbocycles. The molecule has 0 radical (unpaired) electrons. The molecular weight excluding hydrogens is 398 g/mol. The molecule has 0 spiro atoms. The topological polar surface area (TPSA) is 74.0 Å². The summed E-state index contributed by atoms with van der Waals surface area (Å²) in [6.45, 7) is 7.50. The number of carbonyl (C=O) groups excluding carboxylic acids is 2. The normalized spacial score (nSPS) is 13.6. The number of aromatic amines is 1. The number of nitrogens with one attached hydrogen (secondary N) is 3. The third kappa shape index (κ3) is 4.85. The summed E-state index contributed by atoms with van der Waals surface area (Å²) in [6, 6.07) is 15.1. The summed E-state index contributed by atoms with van der Waals surface area (Å²) in [7, 11) is 0. The minimum Gasteiger partial charge on any atom is -0.361 e. The molecule has 1 heterocycles. The van der Waals surface area contributed by atoms with Crippen molar-refractivity contribution in [1.29, 1.82) is 0 Å². The van der Waals surface area contributed by atoms with E-state index in [4.69, 9.17) is 11.6 Å². The van der Waals surface area contributed by atoms with Crippen LogP contribution in [-0.2, 0) is 9.59 Å². The summed E-state index contributed by atoms with van der Waals surface area (Å²) in [4.78, 5) is 28.2. The SMILES string of the molecule is C[C@@H](NC(=O)C(C)(C)C)C(=O)NC[C@H](c1ccccc1Cl)c1c[nH]c2ccccc12. The zero-order valence-electron chi connectivity index (χ0n) is 17.8. The molecule has 3 aromatic rings. The van der Waals surface area contributed by atoms with Crippen molar-refractivity contribution in [3.8, 4) is 0 Å². The quantitative estimate of drug-likeness (QED) is 0.539. The van der Waals surface area contributed by atoms with Gasteiger partial charge in [-0.15, -0.1) is 0 Å². The van der Waals surface area contributed by atoms with Gasteiger partial charge < -0.3 is 15.6 Å². The van der Waals surface area contributed by atoms with Gasteiger partial charge in [-0.25, -0.2) is 0 Å². The van der Waals surface area contributed by atoms with Crippen LogP contribution >= 0.6 is 11.6 Å². The van der Waals surface area contributed by atoms with Gasteiger partial charge in [0.2, 0.25) is 11.8 Å². The van der Waals surface area contributed by atoms with Crippen LogP contribution in [0.3, 0.4) is 0 Å². The van der Waals surface area contributed by atoms with Gasteiger partial charge in [-0.3, -0.25) is 9.59 Å². The molecule has 2 atom stereocenters. The first-order valence-electron chi connectivity index (χ1n) is 10.1. The first-order chi connectivity index (χ1) is 14.2. The lowest BCUT2D eigenvalue weighted by Gasteiger charge is -2.23. The van der Waals surface area contributed by atoms with Gasteiger partial charge in [-0.05, 0) is 30.2 Å². The summed E-state index contributed by atoms with van der Waals surface area (Å²) in [5, 5.41) is 7.51. The van der Waals surface area contributed by atoms with Crippen LogP contribution in [0.2, 0.25) is 5.02 Å². The average Bonchev–Trinajstić information content (AvgIpc) is 3.12. The van der Waals surface area contributed by atoms with E-state index in [2.05, 4.69) is 21.7 Å². The van der Waals surface area contributed by atoms with Gasteiger partial charge >= 0.3 is 0 Å². The number of hydrogen-bond acceptors (Lipinski definition) is 2. The Morgan fingerprint density at radius 1 is 1.03 bits per heavy atom. The highest BCUT2D eigenvalue weighted by atomic mass is 35.5. The molecule has 0 aliphatic heterocycles. The van der Waals surface area contributed by atoms with Crippen LogP contribution < -0.4 is 10.6 Å². The van der Waals surface area contributed by atoms with Crippen LogP contribution in [0.5, 0.6) is 0 Å². The predicted octanol–water partition coefficient (Wildman–Crippen LogP) is 4.62. The summed E-state index contributed by atoms with van der Waals surface area (Å²) in [6.07, 6.45) is 1.97. The number of amides is 2. The predicted molar refractivity (Wildman–Crippen MR) is 122 cm³/mol. The lowest BCUT2D eigenvalue weighted by molar-refractivity contribution is -0.133. The molecular formula is C24H28ClN3O2. The Kier molecular flexibility index (Phi) is 6.52. The second-order valence-electron chi connectivity index (χ2n) is 8.55. The van der Waals surface area contributed by atoms with Crippen molar-refractivity contribution in [2.75, 3.05) is 6.54 Å². The molecule has 0 saturated heterocycles. The average molecular weight is 426 g/mol. The van der Waals surface area contributed by atoms with E-state index >= 15 is 0 Å². The molecule has 0 fully saturated rings. The lowest BCUT2D eigenvalue weighted by Crippen LogP contribution is -2.48. The van der Waals surface area contributed by atoms with Gasteiger partial charge in [0.1, 0.15) is 6.04 Å². The Bertz CT molecular complexity index is 1050.